The zero-order chi connectivity index (χ0) is 23.1. The van der Waals surface area contributed by atoms with Crippen molar-refractivity contribution in [2.24, 2.45) is 0 Å². The number of aromatic nitrogens is 2. The lowest BCUT2D eigenvalue weighted by Crippen LogP contribution is -2.29. The molecule has 0 bridgehead atoms. The van der Waals surface area contributed by atoms with Crippen molar-refractivity contribution in [1.82, 2.24) is 14.9 Å². The first-order valence-electron chi connectivity index (χ1n) is 10.6. The van der Waals surface area contributed by atoms with Crippen molar-refractivity contribution in [3.63, 3.8) is 0 Å². The van der Waals surface area contributed by atoms with Crippen LogP contribution in [0.25, 0.3) is 5.69 Å². The van der Waals surface area contributed by atoms with Crippen LogP contribution in [0.4, 0.5) is 10.1 Å². The average molecular weight is 477 g/mol. The van der Waals surface area contributed by atoms with Crippen molar-refractivity contribution in [1.29, 1.82) is 0 Å². The quantitative estimate of drug-likeness (QED) is 0.343. The molecule has 2 aromatic heterocycles. The predicted octanol–water partition coefficient (Wildman–Crippen LogP) is 6.46. The van der Waals surface area contributed by atoms with Crippen LogP contribution < -0.4 is 10.2 Å². The molecule has 4 aromatic rings. The van der Waals surface area contributed by atoms with Gasteiger partial charge >= 0.3 is 0 Å². The summed E-state index contributed by atoms with van der Waals surface area (Å²) in [5.41, 5.74) is 6.08. The van der Waals surface area contributed by atoms with Gasteiger partial charge < -0.3 is 14.8 Å². The first-order chi connectivity index (χ1) is 15.9. The monoisotopic (exact) mass is 476 g/mol. The Morgan fingerprint density at radius 1 is 0.970 bits per heavy atom. The van der Waals surface area contributed by atoms with E-state index in [4.69, 9.17) is 23.8 Å². The molecule has 1 fully saturated rings. The summed E-state index contributed by atoms with van der Waals surface area (Å²) in [5, 5.41) is 4.74. The van der Waals surface area contributed by atoms with E-state index < -0.39 is 0 Å². The Bertz CT molecular complexity index is 1300. The standard InChI is InChI=1S/C26H22ClFN4S/c1-16-15-22(17(2)31(16)20-10-6-18(27)7-11-20)25-24(23-5-3-4-14-29-23)30-26(33)32(25)21-12-8-19(28)9-13-21/h3-15,24-25H,1-2H3,(H,30,33). The molecular weight excluding hydrogens is 455 g/mol. The summed E-state index contributed by atoms with van der Waals surface area (Å²) in [6.07, 6.45) is 1.79. The molecule has 1 aliphatic rings. The molecule has 0 spiro atoms. The van der Waals surface area contributed by atoms with Crippen LogP contribution in [0.5, 0.6) is 0 Å². The second kappa shape index (κ2) is 8.61. The minimum atomic E-state index is -0.282. The normalized spacial score (nSPS) is 17.9. The number of anilines is 1. The number of thiocarbonyl (C=S) groups is 1. The topological polar surface area (TPSA) is 33.1 Å². The number of hydrogen-bond acceptors (Lipinski definition) is 2. The van der Waals surface area contributed by atoms with Gasteiger partial charge in [-0.15, -0.1) is 0 Å². The van der Waals surface area contributed by atoms with Gasteiger partial charge in [-0.25, -0.2) is 4.39 Å². The van der Waals surface area contributed by atoms with Crippen LogP contribution in [-0.2, 0) is 0 Å². The van der Waals surface area contributed by atoms with Gasteiger partial charge in [-0.3, -0.25) is 4.98 Å². The molecule has 5 rings (SSSR count). The summed E-state index contributed by atoms with van der Waals surface area (Å²) < 4.78 is 15.9. The van der Waals surface area contributed by atoms with Gasteiger partial charge in [0.15, 0.2) is 5.11 Å². The van der Waals surface area contributed by atoms with Crippen molar-refractivity contribution in [3.8, 4) is 5.69 Å². The number of hydrogen-bond donors (Lipinski definition) is 1. The maximum atomic E-state index is 13.7. The van der Waals surface area contributed by atoms with Crippen molar-refractivity contribution in [3.05, 3.63) is 112 Å². The van der Waals surface area contributed by atoms with Gasteiger partial charge in [0.05, 0.1) is 17.8 Å². The molecule has 3 heterocycles. The molecule has 2 aromatic carbocycles. The van der Waals surface area contributed by atoms with Gasteiger partial charge in [-0.2, -0.15) is 0 Å². The van der Waals surface area contributed by atoms with E-state index in [9.17, 15) is 4.39 Å². The van der Waals surface area contributed by atoms with Crippen LogP contribution >= 0.6 is 23.8 Å². The Morgan fingerprint density at radius 3 is 2.33 bits per heavy atom. The smallest absolute Gasteiger partial charge is 0.174 e. The number of rotatable bonds is 4. The van der Waals surface area contributed by atoms with E-state index in [1.807, 2.05) is 42.5 Å². The predicted molar refractivity (Wildman–Crippen MR) is 135 cm³/mol. The zero-order valence-corrected chi connectivity index (χ0v) is 19.7. The summed E-state index contributed by atoms with van der Waals surface area (Å²) in [6.45, 7) is 4.19. The minimum Gasteiger partial charge on any atom is -0.351 e. The van der Waals surface area contributed by atoms with E-state index in [0.29, 0.717) is 10.1 Å². The van der Waals surface area contributed by atoms with E-state index in [2.05, 4.69) is 39.7 Å². The highest BCUT2D eigenvalue weighted by atomic mass is 35.5. The summed E-state index contributed by atoms with van der Waals surface area (Å²) in [6, 6.07) is 22.0. The van der Waals surface area contributed by atoms with E-state index >= 15 is 0 Å². The van der Waals surface area contributed by atoms with Crippen LogP contribution in [0.15, 0.2) is 79.0 Å². The van der Waals surface area contributed by atoms with Crippen molar-refractivity contribution < 1.29 is 4.39 Å². The van der Waals surface area contributed by atoms with Crippen LogP contribution in [0.2, 0.25) is 5.02 Å². The first-order valence-corrected chi connectivity index (χ1v) is 11.4. The fourth-order valence-corrected chi connectivity index (χ4v) is 5.10. The summed E-state index contributed by atoms with van der Waals surface area (Å²) in [5.74, 6) is -0.282. The van der Waals surface area contributed by atoms with Crippen molar-refractivity contribution in [2.75, 3.05) is 4.90 Å². The third kappa shape index (κ3) is 3.90. The summed E-state index contributed by atoms with van der Waals surface area (Å²) in [4.78, 5) is 6.67. The molecule has 2 unspecified atom stereocenters. The molecule has 7 heteroatoms. The van der Waals surface area contributed by atoms with Crippen molar-refractivity contribution >= 4 is 34.6 Å². The van der Waals surface area contributed by atoms with Gasteiger partial charge in [-0.05, 0) is 98.4 Å². The second-order valence-electron chi connectivity index (χ2n) is 8.11. The molecule has 0 saturated carbocycles. The molecule has 2 atom stereocenters. The highest BCUT2D eigenvalue weighted by molar-refractivity contribution is 7.80. The number of benzene rings is 2. The minimum absolute atomic E-state index is 0.162. The fourth-order valence-electron chi connectivity index (χ4n) is 4.63. The number of nitrogens with zero attached hydrogens (tertiary/aromatic N) is 3. The van der Waals surface area contributed by atoms with Crippen LogP contribution in [0.1, 0.15) is 34.7 Å². The number of aryl methyl sites for hydroxylation is 1. The van der Waals surface area contributed by atoms with E-state index in [1.54, 1.807) is 18.3 Å². The molecule has 166 valence electrons. The van der Waals surface area contributed by atoms with Gasteiger partial charge in [0.25, 0.3) is 0 Å². The highest BCUT2D eigenvalue weighted by Crippen LogP contribution is 2.43. The largest absolute Gasteiger partial charge is 0.351 e. The van der Waals surface area contributed by atoms with Gasteiger partial charge in [0, 0.05) is 34.0 Å². The lowest BCUT2D eigenvalue weighted by Gasteiger charge is -2.28. The molecule has 1 aliphatic heterocycles. The van der Waals surface area contributed by atoms with E-state index in [-0.39, 0.29) is 17.9 Å². The van der Waals surface area contributed by atoms with Gasteiger partial charge in [0.2, 0.25) is 0 Å². The maximum Gasteiger partial charge on any atom is 0.174 e. The number of nitrogens with one attached hydrogen (secondary N) is 1. The molecule has 0 radical (unpaired) electrons. The van der Waals surface area contributed by atoms with Crippen LogP contribution in [-0.4, -0.2) is 14.7 Å². The third-order valence-corrected chi connectivity index (χ3v) is 6.64. The molecular formula is C26H22ClFN4S. The van der Waals surface area contributed by atoms with Gasteiger partial charge in [-0.1, -0.05) is 17.7 Å². The average Bonchev–Trinajstić information content (AvgIpc) is 3.31. The van der Waals surface area contributed by atoms with Gasteiger partial charge in [0.1, 0.15) is 5.82 Å². The first kappa shape index (κ1) is 21.6. The Morgan fingerprint density at radius 2 is 1.67 bits per heavy atom. The molecule has 1 saturated heterocycles. The summed E-state index contributed by atoms with van der Waals surface area (Å²) >= 11 is 11.9. The summed E-state index contributed by atoms with van der Waals surface area (Å²) in [7, 11) is 0. The lowest BCUT2D eigenvalue weighted by molar-refractivity contribution is 0.565. The third-order valence-electron chi connectivity index (χ3n) is 6.08. The molecule has 4 nitrogen and oxygen atoms in total. The Hall–Kier alpha value is -3.22. The number of pyridine rings is 1. The van der Waals surface area contributed by atoms with Crippen LogP contribution in [0.3, 0.4) is 0 Å². The zero-order valence-electron chi connectivity index (χ0n) is 18.2. The SMILES string of the molecule is Cc1cc(C2C(c3ccccn3)NC(=S)N2c2ccc(F)cc2)c(C)n1-c1ccc(Cl)cc1. The second-order valence-corrected chi connectivity index (χ2v) is 8.93. The van der Waals surface area contributed by atoms with E-state index in [1.165, 1.54) is 12.1 Å². The highest BCUT2D eigenvalue weighted by Gasteiger charge is 2.42. The molecule has 33 heavy (non-hydrogen) atoms. The Labute approximate surface area is 202 Å². The Kier molecular flexibility index (Phi) is 5.64. The number of halogens is 2. The Balaban J connectivity index is 1.67. The van der Waals surface area contributed by atoms with Crippen LogP contribution in [0, 0.1) is 19.7 Å². The van der Waals surface area contributed by atoms with E-state index in [0.717, 1.165) is 34.0 Å². The lowest BCUT2D eigenvalue weighted by atomic mass is 9.96. The fraction of sp³-hybridized carbons (Fsp3) is 0.154. The maximum absolute atomic E-state index is 13.7. The van der Waals surface area contributed by atoms with Crippen molar-refractivity contribution in [2.45, 2.75) is 25.9 Å². The molecule has 0 amide bonds. The molecule has 1 N–H and O–H groups in total. The molecule has 0 aliphatic carbocycles.